The van der Waals surface area contributed by atoms with Crippen LogP contribution in [0.15, 0.2) is 11.2 Å². The summed E-state index contributed by atoms with van der Waals surface area (Å²) in [6, 6.07) is 1.86. The number of hydrogen-bond acceptors (Lipinski definition) is 7. The van der Waals surface area contributed by atoms with Crippen LogP contribution in [-0.2, 0) is 9.59 Å². The molecule has 2 saturated heterocycles. The van der Waals surface area contributed by atoms with Crippen LogP contribution in [0.25, 0.3) is 0 Å². The highest BCUT2D eigenvalue weighted by atomic mass is 35.5. The summed E-state index contributed by atoms with van der Waals surface area (Å²) in [6.07, 6.45) is 5.26. The maximum atomic E-state index is 12.3. The Morgan fingerprint density at radius 2 is 1.97 bits per heavy atom. The summed E-state index contributed by atoms with van der Waals surface area (Å²) >= 11 is 7.55. The number of halogens is 1. The lowest BCUT2D eigenvalue weighted by Gasteiger charge is -2.40. The number of likely N-dealkylation sites (tertiary alicyclic amines) is 1. The topological polar surface area (TPSA) is 81.7 Å². The molecule has 8 nitrogen and oxygen atoms in total. The predicted octanol–water partition coefficient (Wildman–Crippen LogP) is 2.66. The van der Waals surface area contributed by atoms with Crippen LogP contribution in [0, 0.1) is 0 Å². The van der Waals surface area contributed by atoms with Crippen molar-refractivity contribution in [3.8, 4) is 0 Å². The first-order valence-corrected chi connectivity index (χ1v) is 13.0. The Labute approximate surface area is 200 Å². The van der Waals surface area contributed by atoms with Crippen LogP contribution in [0.4, 0.5) is 5.82 Å². The van der Waals surface area contributed by atoms with Gasteiger partial charge in [-0.15, -0.1) is 0 Å². The third-order valence-corrected chi connectivity index (χ3v) is 6.97. The quantitative estimate of drug-likeness (QED) is 0.329. The van der Waals surface area contributed by atoms with E-state index in [1.165, 1.54) is 31.0 Å². The van der Waals surface area contributed by atoms with Crippen molar-refractivity contribution in [2.24, 2.45) is 0 Å². The third-order valence-electron chi connectivity index (χ3n) is 5.93. The van der Waals surface area contributed by atoms with Crippen molar-refractivity contribution in [2.45, 2.75) is 57.1 Å². The number of anilines is 1. The van der Waals surface area contributed by atoms with Crippen molar-refractivity contribution < 1.29 is 9.59 Å². The molecule has 3 rings (SSSR count). The first-order valence-electron chi connectivity index (χ1n) is 11.7. The molecule has 1 atom stereocenters. The molecule has 0 bridgehead atoms. The number of nitrogens with one attached hydrogen (secondary N) is 1. The van der Waals surface area contributed by atoms with E-state index in [0.29, 0.717) is 42.9 Å². The molecule has 1 aromatic heterocycles. The maximum absolute atomic E-state index is 12.3. The molecule has 0 saturated carbocycles. The van der Waals surface area contributed by atoms with E-state index >= 15 is 0 Å². The van der Waals surface area contributed by atoms with E-state index in [1.54, 1.807) is 6.07 Å². The zero-order valence-corrected chi connectivity index (χ0v) is 20.8. The number of piperazine rings is 1. The van der Waals surface area contributed by atoms with Gasteiger partial charge in [-0.25, -0.2) is 9.97 Å². The van der Waals surface area contributed by atoms with E-state index in [4.69, 9.17) is 11.6 Å². The molecule has 2 amide bonds. The molecule has 1 N–H and O–H groups in total. The molecule has 0 aromatic carbocycles. The zero-order valence-electron chi connectivity index (χ0n) is 19.2. The average molecular weight is 483 g/mol. The Bertz CT molecular complexity index is 777. The molecular formula is C22H35ClN6O2S. The number of piperidine rings is 1. The van der Waals surface area contributed by atoms with Gasteiger partial charge in [0.15, 0.2) is 5.16 Å². The van der Waals surface area contributed by atoms with Gasteiger partial charge in [0.25, 0.3) is 0 Å². The van der Waals surface area contributed by atoms with Gasteiger partial charge in [0, 0.05) is 51.3 Å². The summed E-state index contributed by atoms with van der Waals surface area (Å²) in [5.74, 6) is 1.19. The number of amides is 2. The minimum absolute atomic E-state index is 0.0196. The van der Waals surface area contributed by atoms with Gasteiger partial charge in [0.1, 0.15) is 11.0 Å². The number of hydrogen-bond donors (Lipinski definition) is 1. The SMILES string of the molecule is CCCC(=O)N1CCN(c2cc(Cl)nc(SCC(=O)NCCN3CCCCC3)n2)CC1C. The van der Waals surface area contributed by atoms with E-state index in [2.05, 4.69) is 32.0 Å². The van der Waals surface area contributed by atoms with Gasteiger partial charge in [0.05, 0.1) is 5.75 Å². The normalized spacial score (nSPS) is 19.8. The summed E-state index contributed by atoms with van der Waals surface area (Å²) < 4.78 is 0. The van der Waals surface area contributed by atoms with Crippen molar-refractivity contribution in [3.63, 3.8) is 0 Å². The largest absolute Gasteiger partial charge is 0.354 e. The standard InChI is InChI=1S/C22H35ClN6O2S/c1-3-7-21(31)29-13-12-28(15-17(29)2)19-14-18(23)25-22(26-19)32-16-20(30)24-8-11-27-9-5-4-6-10-27/h14,17H,3-13,15-16H2,1-2H3,(H,24,30). The molecule has 1 unspecified atom stereocenters. The fraction of sp³-hybridized carbons (Fsp3) is 0.727. The lowest BCUT2D eigenvalue weighted by molar-refractivity contribution is -0.133. The van der Waals surface area contributed by atoms with E-state index in [-0.39, 0.29) is 23.6 Å². The van der Waals surface area contributed by atoms with Crippen LogP contribution >= 0.6 is 23.4 Å². The third kappa shape index (κ3) is 7.49. The molecule has 0 radical (unpaired) electrons. The Balaban J connectivity index is 1.47. The molecule has 10 heteroatoms. The molecule has 2 fully saturated rings. The van der Waals surface area contributed by atoms with Crippen LogP contribution in [0.3, 0.4) is 0 Å². The highest BCUT2D eigenvalue weighted by Gasteiger charge is 2.28. The van der Waals surface area contributed by atoms with Crippen LogP contribution in [0.2, 0.25) is 5.15 Å². The van der Waals surface area contributed by atoms with Crippen molar-refractivity contribution in [3.05, 3.63) is 11.2 Å². The zero-order chi connectivity index (χ0) is 22.9. The smallest absolute Gasteiger partial charge is 0.230 e. The highest BCUT2D eigenvalue weighted by molar-refractivity contribution is 7.99. The number of carbonyl (C=O) groups is 2. The van der Waals surface area contributed by atoms with Crippen LogP contribution in [-0.4, -0.2) is 89.2 Å². The van der Waals surface area contributed by atoms with Gasteiger partial charge in [-0.3, -0.25) is 9.59 Å². The number of aromatic nitrogens is 2. The monoisotopic (exact) mass is 482 g/mol. The summed E-state index contributed by atoms with van der Waals surface area (Å²) in [4.78, 5) is 39.9. The first kappa shape index (κ1) is 25.1. The number of nitrogens with zero attached hydrogens (tertiary/aromatic N) is 5. The second kappa shape index (κ2) is 12.6. The van der Waals surface area contributed by atoms with Crippen molar-refractivity contribution in [1.29, 1.82) is 0 Å². The van der Waals surface area contributed by atoms with E-state index in [0.717, 1.165) is 31.9 Å². The minimum Gasteiger partial charge on any atom is -0.354 e. The lowest BCUT2D eigenvalue weighted by atomic mass is 10.1. The summed E-state index contributed by atoms with van der Waals surface area (Å²) in [5.41, 5.74) is 0. The van der Waals surface area contributed by atoms with Crippen molar-refractivity contribution >= 4 is 41.0 Å². The fourth-order valence-electron chi connectivity index (χ4n) is 4.22. The summed E-state index contributed by atoms with van der Waals surface area (Å²) in [7, 11) is 0. The summed E-state index contributed by atoms with van der Waals surface area (Å²) in [6.45, 7) is 9.98. The average Bonchev–Trinajstić information content (AvgIpc) is 2.78. The molecule has 0 aliphatic carbocycles. The number of carbonyl (C=O) groups excluding carboxylic acids is 2. The van der Waals surface area contributed by atoms with Gasteiger partial charge in [-0.1, -0.05) is 36.7 Å². The van der Waals surface area contributed by atoms with Gasteiger partial charge in [-0.05, 0) is 39.3 Å². The molecule has 3 heterocycles. The molecule has 178 valence electrons. The van der Waals surface area contributed by atoms with Crippen LogP contribution in [0.5, 0.6) is 0 Å². The summed E-state index contributed by atoms with van der Waals surface area (Å²) in [5, 5.41) is 3.84. The Morgan fingerprint density at radius 1 is 1.19 bits per heavy atom. The maximum Gasteiger partial charge on any atom is 0.230 e. The lowest BCUT2D eigenvalue weighted by Crippen LogP contribution is -2.54. The van der Waals surface area contributed by atoms with Crippen LogP contribution < -0.4 is 10.2 Å². The molecule has 1 aromatic rings. The highest BCUT2D eigenvalue weighted by Crippen LogP contribution is 2.24. The van der Waals surface area contributed by atoms with Gasteiger partial charge in [0.2, 0.25) is 11.8 Å². The predicted molar refractivity (Wildman–Crippen MR) is 129 cm³/mol. The van der Waals surface area contributed by atoms with Gasteiger partial charge in [-0.2, -0.15) is 0 Å². The Hall–Kier alpha value is -1.58. The first-order chi connectivity index (χ1) is 15.5. The second-order valence-corrected chi connectivity index (χ2v) is 9.83. The minimum atomic E-state index is -0.0196. The molecular weight excluding hydrogens is 448 g/mol. The molecule has 2 aliphatic rings. The van der Waals surface area contributed by atoms with Crippen LogP contribution in [0.1, 0.15) is 46.0 Å². The number of thioether (sulfide) groups is 1. The van der Waals surface area contributed by atoms with E-state index in [9.17, 15) is 9.59 Å². The van der Waals surface area contributed by atoms with E-state index < -0.39 is 0 Å². The van der Waals surface area contributed by atoms with Crippen molar-refractivity contribution in [1.82, 2.24) is 25.1 Å². The Morgan fingerprint density at radius 3 is 2.69 bits per heavy atom. The molecule has 32 heavy (non-hydrogen) atoms. The fourth-order valence-corrected chi connectivity index (χ4v) is 5.13. The van der Waals surface area contributed by atoms with Crippen molar-refractivity contribution in [2.75, 3.05) is 56.5 Å². The number of rotatable bonds is 9. The Kier molecular flexibility index (Phi) is 9.87. The van der Waals surface area contributed by atoms with Gasteiger partial charge < -0.3 is 20.0 Å². The van der Waals surface area contributed by atoms with E-state index in [1.807, 2.05) is 11.8 Å². The molecule has 0 spiro atoms. The molecule has 2 aliphatic heterocycles. The van der Waals surface area contributed by atoms with Gasteiger partial charge >= 0.3 is 0 Å². The second-order valence-electron chi connectivity index (χ2n) is 8.50.